The lowest BCUT2D eigenvalue weighted by atomic mass is 10.2. The van der Waals surface area contributed by atoms with Gasteiger partial charge in [0.05, 0.1) is 17.6 Å². The van der Waals surface area contributed by atoms with Crippen molar-refractivity contribution in [1.29, 1.82) is 0 Å². The Morgan fingerprint density at radius 1 is 1.21 bits per heavy atom. The molecule has 2 heterocycles. The molecule has 3 aromatic rings. The number of aromatic nitrogens is 4. The minimum Gasteiger partial charge on any atom is -0.356 e. The van der Waals surface area contributed by atoms with Crippen molar-refractivity contribution in [3.05, 3.63) is 48.3 Å². The molecule has 0 spiro atoms. The van der Waals surface area contributed by atoms with Gasteiger partial charge in [0.25, 0.3) is 0 Å². The Hall–Kier alpha value is -2.10. The van der Waals surface area contributed by atoms with Crippen molar-refractivity contribution >= 4 is 41.0 Å². The van der Waals surface area contributed by atoms with Crippen LogP contribution in [-0.2, 0) is 19.6 Å². The fraction of sp³-hybridized carbons (Fsp3) is 0.476. The van der Waals surface area contributed by atoms with Crippen molar-refractivity contribution in [2.24, 2.45) is 10.9 Å². The average Bonchev–Trinajstić information content (AvgIpc) is 3.24. The van der Waals surface area contributed by atoms with Crippen molar-refractivity contribution in [3.63, 3.8) is 0 Å². The van der Waals surface area contributed by atoms with Gasteiger partial charge in [0.1, 0.15) is 11.6 Å². The number of aliphatic imine (C=N–C) groups is 1. The lowest BCUT2D eigenvalue weighted by Crippen LogP contribution is -2.38. The summed E-state index contributed by atoms with van der Waals surface area (Å²) in [6.45, 7) is 9.88. The highest BCUT2D eigenvalue weighted by Gasteiger charge is 2.07. The first kappa shape index (κ1) is 23.2. The van der Waals surface area contributed by atoms with E-state index in [0.29, 0.717) is 12.5 Å². The number of benzene rings is 1. The number of hydrogen-bond acceptors (Lipinski definition) is 3. The fourth-order valence-corrected chi connectivity index (χ4v) is 3.37. The first-order valence-corrected chi connectivity index (χ1v) is 9.95. The molecule has 0 amide bonds. The molecule has 0 radical (unpaired) electrons. The minimum absolute atomic E-state index is 0. The molecule has 0 bridgehead atoms. The Morgan fingerprint density at radius 2 is 2.00 bits per heavy atom. The van der Waals surface area contributed by atoms with Crippen molar-refractivity contribution in [2.75, 3.05) is 13.6 Å². The second-order valence-corrected chi connectivity index (χ2v) is 7.40. The van der Waals surface area contributed by atoms with Gasteiger partial charge >= 0.3 is 0 Å². The second-order valence-electron chi connectivity index (χ2n) is 7.40. The molecule has 1 aromatic carbocycles. The lowest BCUT2D eigenvalue weighted by Gasteiger charge is -2.14. The SMILES string of the molecule is CN=C(NCCCn1c(C)nc2ccccc21)NCc1nccn1CC(C)C.I. The average molecular weight is 509 g/mol. The molecule has 0 unspecified atom stereocenters. The Kier molecular flexibility index (Phi) is 8.94. The molecule has 29 heavy (non-hydrogen) atoms. The van der Waals surface area contributed by atoms with E-state index in [1.54, 1.807) is 7.05 Å². The third kappa shape index (κ3) is 6.19. The van der Waals surface area contributed by atoms with Gasteiger partial charge in [-0.15, -0.1) is 24.0 Å². The summed E-state index contributed by atoms with van der Waals surface area (Å²) in [6, 6.07) is 8.28. The maximum Gasteiger partial charge on any atom is 0.191 e. The van der Waals surface area contributed by atoms with Gasteiger partial charge in [-0.25, -0.2) is 9.97 Å². The standard InChI is InChI=1S/C21H31N7.HI/c1-16(2)15-27-13-11-23-20(27)14-25-21(22-4)24-10-7-12-28-17(3)26-18-8-5-6-9-19(18)28;/h5-6,8-9,11,13,16H,7,10,12,14-15H2,1-4H3,(H2,22,24,25);1H. The van der Waals surface area contributed by atoms with Crippen molar-refractivity contribution < 1.29 is 0 Å². The number of rotatable bonds is 8. The van der Waals surface area contributed by atoms with Gasteiger partial charge in [-0.05, 0) is 31.4 Å². The van der Waals surface area contributed by atoms with Crippen molar-refractivity contribution in [3.8, 4) is 0 Å². The number of nitrogens with zero attached hydrogens (tertiary/aromatic N) is 5. The molecule has 7 nitrogen and oxygen atoms in total. The molecule has 8 heteroatoms. The van der Waals surface area contributed by atoms with E-state index in [0.717, 1.165) is 49.2 Å². The lowest BCUT2D eigenvalue weighted by molar-refractivity contribution is 0.503. The second kappa shape index (κ2) is 11.2. The van der Waals surface area contributed by atoms with E-state index in [-0.39, 0.29) is 24.0 Å². The molecular formula is C21H32IN7. The molecule has 3 rings (SSSR count). The molecule has 0 saturated heterocycles. The van der Waals surface area contributed by atoms with E-state index in [9.17, 15) is 0 Å². The van der Waals surface area contributed by atoms with Crippen LogP contribution in [0, 0.1) is 12.8 Å². The van der Waals surface area contributed by atoms with Gasteiger partial charge in [-0.2, -0.15) is 0 Å². The maximum atomic E-state index is 4.63. The normalized spacial score (nSPS) is 11.7. The molecule has 0 aliphatic heterocycles. The molecule has 0 saturated carbocycles. The first-order chi connectivity index (χ1) is 13.6. The smallest absolute Gasteiger partial charge is 0.191 e. The topological polar surface area (TPSA) is 72.1 Å². The van der Waals surface area contributed by atoms with Crippen LogP contribution in [0.2, 0.25) is 0 Å². The molecule has 158 valence electrons. The summed E-state index contributed by atoms with van der Waals surface area (Å²) in [5.74, 6) is 3.47. The number of aryl methyl sites for hydroxylation is 2. The Balaban J connectivity index is 0.00000300. The van der Waals surface area contributed by atoms with Crippen LogP contribution >= 0.6 is 24.0 Å². The number of hydrogen-bond donors (Lipinski definition) is 2. The monoisotopic (exact) mass is 509 g/mol. The number of nitrogens with one attached hydrogen (secondary N) is 2. The molecule has 0 aliphatic carbocycles. The minimum atomic E-state index is 0. The number of imidazole rings is 2. The number of guanidine groups is 1. The summed E-state index contributed by atoms with van der Waals surface area (Å²) in [5, 5.41) is 6.75. The third-order valence-corrected chi connectivity index (χ3v) is 4.70. The highest BCUT2D eigenvalue weighted by Crippen LogP contribution is 2.15. The molecule has 0 atom stereocenters. The van der Waals surface area contributed by atoms with Gasteiger partial charge in [0, 0.05) is 39.1 Å². The van der Waals surface area contributed by atoms with E-state index in [4.69, 9.17) is 0 Å². The predicted octanol–water partition coefficient (Wildman–Crippen LogP) is 3.57. The first-order valence-electron chi connectivity index (χ1n) is 9.95. The quantitative estimate of drug-likeness (QED) is 0.211. The van der Waals surface area contributed by atoms with E-state index in [2.05, 4.69) is 73.7 Å². The Labute approximate surface area is 190 Å². The summed E-state index contributed by atoms with van der Waals surface area (Å²) in [5.41, 5.74) is 2.25. The Bertz CT molecular complexity index is 926. The van der Waals surface area contributed by atoms with Crippen LogP contribution in [-0.4, -0.2) is 38.7 Å². The number of fused-ring (bicyclic) bond motifs is 1. The van der Waals surface area contributed by atoms with Gasteiger partial charge < -0.3 is 19.8 Å². The summed E-state index contributed by atoms with van der Waals surface area (Å²) in [4.78, 5) is 13.4. The van der Waals surface area contributed by atoms with E-state index >= 15 is 0 Å². The van der Waals surface area contributed by atoms with E-state index in [1.807, 2.05) is 18.5 Å². The molecule has 2 aromatic heterocycles. The van der Waals surface area contributed by atoms with Gasteiger partial charge in [0.2, 0.25) is 0 Å². The summed E-state index contributed by atoms with van der Waals surface area (Å²) in [7, 11) is 1.80. The zero-order chi connectivity index (χ0) is 19.9. The van der Waals surface area contributed by atoms with Crippen LogP contribution in [0.25, 0.3) is 11.0 Å². The van der Waals surface area contributed by atoms with Crippen LogP contribution in [0.1, 0.15) is 31.9 Å². The highest BCUT2D eigenvalue weighted by atomic mass is 127. The zero-order valence-corrected chi connectivity index (χ0v) is 20.1. The maximum absolute atomic E-state index is 4.63. The predicted molar refractivity (Wildman–Crippen MR) is 130 cm³/mol. The van der Waals surface area contributed by atoms with Crippen LogP contribution in [0.15, 0.2) is 41.7 Å². The molecule has 2 N–H and O–H groups in total. The van der Waals surface area contributed by atoms with Gasteiger partial charge in [0.15, 0.2) is 5.96 Å². The number of para-hydroxylation sites is 2. The van der Waals surface area contributed by atoms with Crippen molar-refractivity contribution in [1.82, 2.24) is 29.7 Å². The van der Waals surface area contributed by atoms with Gasteiger partial charge in [-0.3, -0.25) is 4.99 Å². The van der Waals surface area contributed by atoms with Crippen LogP contribution in [0.5, 0.6) is 0 Å². The van der Waals surface area contributed by atoms with Crippen molar-refractivity contribution in [2.45, 2.75) is 46.8 Å². The molecule has 0 fully saturated rings. The largest absolute Gasteiger partial charge is 0.356 e. The molecular weight excluding hydrogens is 477 g/mol. The number of halogens is 1. The van der Waals surface area contributed by atoms with Crippen LogP contribution in [0.4, 0.5) is 0 Å². The van der Waals surface area contributed by atoms with Crippen LogP contribution in [0.3, 0.4) is 0 Å². The third-order valence-electron chi connectivity index (χ3n) is 4.70. The van der Waals surface area contributed by atoms with E-state index in [1.165, 1.54) is 5.52 Å². The summed E-state index contributed by atoms with van der Waals surface area (Å²) >= 11 is 0. The van der Waals surface area contributed by atoms with Crippen LogP contribution < -0.4 is 10.6 Å². The zero-order valence-electron chi connectivity index (χ0n) is 17.7. The fourth-order valence-electron chi connectivity index (χ4n) is 3.37. The highest BCUT2D eigenvalue weighted by molar-refractivity contribution is 14.0. The Morgan fingerprint density at radius 3 is 2.76 bits per heavy atom. The van der Waals surface area contributed by atoms with E-state index < -0.39 is 0 Å². The molecule has 0 aliphatic rings. The summed E-state index contributed by atoms with van der Waals surface area (Å²) < 4.78 is 4.47. The van der Waals surface area contributed by atoms with Gasteiger partial charge in [-0.1, -0.05) is 26.0 Å². The summed E-state index contributed by atoms with van der Waals surface area (Å²) in [6.07, 6.45) is 4.88.